The van der Waals surface area contributed by atoms with Gasteiger partial charge in [-0.15, -0.1) is 0 Å². The molecule has 1 amide bonds. The Morgan fingerprint density at radius 3 is 2.19 bits per heavy atom. The normalized spacial score (nSPS) is 23.0. The van der Waals surface area contributed by atoms with Gasteiger partial charge in [-0.2, -0.15) is 0 Å². The first kappa shape index (κ1) is 48.3. The highest BCUT2D eigenvalue weighted by Gasteiger charge is 2.48. The Hall–Kier alpha value is -4.08. The van der Waals surface area contributed by atoms with Gasteiger partial charge in [0.05, 0.1) is 48.2 Å². The summed E-state index contributed by atoms with van der Waals surface area (Å²) in [5, 5.41) is 53.2. The Morgan fingerprint density at radius 2 is 1.62 bits per heavy atom. The van der Waals surface area contributed by atoms with E-state index >= 15 is 0 Å². The Kier molecular flexibility index (Phi) is 18.1. The second kappa shape index (κ2) is 21.8. The number of methoxy groups -OCH3 is 2. The maximum Gasteiger partial charge on any atom is 0.409 e. The van der Waals surface area contributed by atoms with E-state index in [1.165, 1.54) is 69.4 Å². The molecule has 1 aliphatic heterocycles. The molecule has 58 heavy (non-hydrogen) atoms. The van der Waals surface area contributed by atoms with Crippen LogP contribution >= 0.6 is 0 Å². The van der Waals surface area contributed by atoms with E-state index in [2.05, 4.69) is 27.7 Å². The zero-order chi connectivity index (χ0) is 43.5. The number of carbonyl (C=O) groups excluding carboxylic acids is 4. The molecule has 1 saturated heterocycles. The van der Waals surface area contributed by atoms with Crippen LogP contribution in [-0.4, -0.2) is 119 Å². The maximum absolute atomic E-state index is 13.3. The Morgan fingerprint density at radius 1 is 0.966 bits per heavy atom. The van der Waals surface area contributed by atoms with Crippen molar-refractivity contribution < 1.29 is 63.7 Å². The molecular weight excluding hydrogens is 750 g/mol. The molecule has 0 aromatic heterocycles. The summed E-state index contributed by atoms with van der Waals surface area (Å²) in [6.07, 6.45) is 5.39. The van der Waals surface area contributed by atoms with Crippen LogP contribution in [0.25, 0.3) is 0 Å². The average molecular weight is 816 g/mol. The SMILES string of the molecule is CC1CCOC(C)C1O.CCC(C)CCCCC(CC)OC.CCN(C)C(=O)OCC(=O)C1(O)Cc2c(O)c3c(c(O)c2C(O)C1)C(=O)c1c(OC)cccc1C3=O. The van der Waals surface area contributed by atoms with E-state index in [1.807, 2.05) is 14.0 Å². The van der Waals surface area contributed by atoms with Gasteiger partial charge in [0.15, 0.2) is 12.4 Å². The molecule has 2 aromatic carbocycles. The molecule has 2 aliphatic carbocycles. The van der Waals surface area contributed by atoms with Crippen molar-refractivity contribution in [1.29, 1.82) is 0 Å². The number of benzene rings is 2. The number of amides is 1. The zero-order valence-electron chi connectivity index (χ0n) is 35.6. The molecule has 7 atom stereocenters. The van der Waals surface area contributed by atoms with E-state index in [-0.39, 0.29) is 40.2 Å². The first-order valence-electron chi connectivity index (χ1n) is 20.4. The molecule has 0 saturated carbocycles. The fraction of sp³-hybridized carbons (Fsp3) is 0.636. The molecule has 0 radical (unpaired) electrons. The van der Waals surface area contributed by atoms with E-state index in [0.29, 0.717) is 18.6 Å². The van der Waals surface area contributed by atoms with Crippen LogP contribution in [0.1, 0.15) is 142 Å². The standard InChI is InChI=1S/C25H25NO10.C12H26O.C7H14O2/c1-4-26(2)24(33)36-10-15(28)25(34)8-12-16(13(27)9-25)22(31)19-18(21(12)30)20(29)11-6-5-7-14(35-3)17(11)23(19)32;1-5-11(3)9-7-8-10-12(6-2)13-4;1-5-3-4-9-6(2)7(5)8/h5-7,13,27,30-31,34H,4,8-10H2,1-3H3;11-12H,5-10H2,1-4H3;5-8H,3-4H2,1-2H3. The Bertz CT molecular complexity index is 1730. The number of aliphatic hydroxyl groups is 3. The van der Waals surface area contributed by atoms with Gasteiger partial charge in [0.2, 0.25) is 11.6 Å². The summed E-state index contributed by atoms with van der Waals surface area (Å²) in [5.41, 5.74) is -3.97. The molecular formula is C44H65NO13. The van der Waals surface area contributed by atoms with Crippen molar-refractivity contribution in [1.82, 2.24) is 4.90 Å². The second-order valence-corrected chi connectivity index (χ2v) is 15.7. The van der Waals surface area contributed by atoms with Crippen molar-refractivity contribution in [2.75, 3.05) is 41.0 Å². The molecule has 0 bridgehead atoms. The van der Waals surface area contributed by atoms with Crippen molar-refractivity contribution in [3.63, 3.8) is 0 Å². The topological polar surface area (TPSA) is 210 Å². The van der Waals surface area contributed by atoms with Crippen molar-refractivity contribution in [3.8, 4) is 17.2 Å². The third kappa shape index (κ3) is 11.1. The van der Waals surface area contributed by atoms with Crippen LogP contribution in [-0.2, 0) is 25.4 Å². The van der Waals surface area contributed by atoms with Crippen LogP contribution in [0.3, 0.4) is 0 Å². The summed E-state index contributed by atoms with van der Waals surface area (Å²) in [5.74, 6) is -2.57. The van der Waals surface area contributed by atoms with Crippen LogP contribution in [0.5, 0.6) is 17.2 Å². The van der Waals surface area contributed by atoms with Gasteiger partial charge in [-0.3, -0.25) is 14.4 Å². The molecule has 1 heterocycles. The molecule has 5 N–H and O–H groups in total. The summed E-state index contributed by atoms with van der Waals surface area (Å²) in [4.78, 5) is 52.5. The third-order valence-corrected chi connectivity index (χ3v) is 11.7. The fourth-order valence-corrected chi connectivity index (χ4v) is 7.39. The van der Waals surface area contributed by atoms with E-state index < -0.39 is 77.2 Å². The minimum absolute atomic E-state index is 0.0359. The number of phenolic OH excluding ortho intramolecular Hbond substituents is 2. The number of unbranched alkanes of at least 4 members (excludes halogenated alkanes) is 1. The summed E-state index contributed by atoms with van der Waals surface area (Å²) in [6.45, 7) is 12.8. The van der Waals surface area contributed by atoms with E-state index in [9.17, 15) is 44.7 Å². The lowest BCUT2D eigenvalue weighted by atomic mass is 9.72. The molecule has 1 fully saturated rings. The van der Waals surface area contributed by atoms with Crippen molar-refractivity contribution in [2.24, 2.45) is 11.8 Å². The number of Topliss-reactive ketones (excluding diaryl/α,β-unsaturated/α-hetero) is 1. The van der Waals surface area contributed by atoms with Crippen molar-refractivity contribution in [2.45, 2.75) is 129 Å². The van der Waals surface area contributed by atoms with Gasteiger partial charge in [-0.1, -0.05) is 65.5 Å². The van der Waals surface area contributed by atoms with Crippen LogP contribution in [0.4, 0.5) is 4.79 Å². The highest BCUT2D eigenvalue weighted by molar-refractivity contribution is 6.31. The number of hydrogen-bond donors (Lipinski definition) is 5. The number of hydrogen-bond acceptors (Lipinski definition) is 13. The predicted octanol–water partition coefficient (Wildman–Crippen LogP) is 6.06. The summed E-state index contributed by atoms with van der Waals surface area (Å²) < 4.78 is 20.6. The number of ketones is 3. The van der Waals surface area contributed by atoms with Crippen molar-refractivity contribution >= 4 is 23.4 Å². The third-order valence-electron chi connectivity index (χ3n) is 11.7. The lowest BCUT2D eigenvalue weighted by Gasteiger charge is -2.37. The van der Waals surface area contributed by atoms with Crippen LogP contribution in [0.2, 0.25) is 0 Å². The quantitative estimate of drug-likeness (QED) is 0.0983. The lowest BCUT2D eigenvalue weighted by Crippen LogP contribution is -2.48. The molecule has 7 unspecified atom stereocenters. The highest BCUT2D eigenvalue weighted by atomic mass is 16.6. The predicted molar refractivity (Wildman–Crippen MR) is 217 cm³/mol. The number of aromatic hydroxyl groups is 2. The van der Waals surface area contributed by atoms with Gasteiger partial charge in [-0.25, -0.2) is 4.79 Å². The molecule has 5 rings (SSSR count). The second-order valence-electron chi connectivity index (χ2n) is 15.7. The number of fused-ring (bicyclic) bond motifs is 3. The number of carbonyl (C=O) groups is 4. The van der Waals surface area contributed by atoms with E-state index in [0.717, 1.165) is 25.4 Å². The highest BCUT2D eigenvalue weighted by Crippen LogP contribution is 2.51. The Balaban J connectivity index is 0.000000333. The van der Waals surface area contributed by atoms with Gasteiger partial charge in [-0.05, 0) is 51.0 Å². The summed E-state index contributed by atoms with van der Waals surface area (Å²) >= 11 is 0. The van der Waals surface area contributed by atoms with Gasteiger partial charge in [0.1, 0.15) is 22.8 Å². The molecule has 2 aromatic rings. The van der Waals surface area contributed by atoms with Gasteiger partial charge in [0.25, 0.3) is 0 Å². The summed E-state index contributed by atoms with van der Waals surface area (Å²) in [6, 6.07) is 4.32. The number of rotatable bonds is 13. The molecule has 0 spiro atoms. The largest absolute Gasteiger partial charge is 0.507 e. The van der Waals surface area contributed by atoms with Gasteiger partial charge in [0, 0.05) is 56.8 Å². The van der Waals surface area contributed by atoms with E-state index in [4.69, 9.17) is 18.9 Å². The Labute approximate surface area is 342 Å². The molecule has 14 heteroatoms. The number of phenols is 2. The summed E-state index contributed by atoms with van der Waals surface area (Å²) in [7, 11) is 4.59. The number of ether oxygens (including phenoxy) is 4. The first-order chi connectivity index (χ1) is 27.4. The van der Waals surface area contributed by atoms with Gasteiger partial charge >= 0.3 is 6.09 Å². The fourth-order valence-electron chi connectivity index (χ4n) is 7.39. The smallest absolute Gasteiger partial charge is 0.409 e. The molecule has 324 valence electrons. The lowest BCUT2D eigenvalue weighted by molar-refractivity contribution is -0.145. The minimum atomic E-state index is -2.28. The van der Waals surface area contributed by atoms with Crippen LogP contribution in [0.15, 0.2) is 18.2 Å². The number of nitrogens with zero attached hydrogens (tertiary/aromatic N) is 1. The first-order valence-corrected chi connectivity index (χ1v) is 20.4. The average Bonchev–Trinajstić information content (AvgIpc) is 3.21. The maximum atomic E-state index is 13.3. The van der Waals surface area contributed by atoms with Crippen molar-refractivity contribution in [3.05, 3.63) is 51.6 Å². The monoisotopic (exact) mass is 815 g/mol. The minimum Gasteiger partial charge on any atom is -0.507 e. The number of aliphatic hydroxyl groups excluding tert-OH is 2. The molecule has 14 nitrogen and oxygen atoms in total. The van der Waals surface area contributed by atoms with E-state index in [1.54, 1.807) is 6.92 Å². The zero-order valence-corrected chi connectivity index (χ0v) is 35.6. The van der Waals surface area contributed by atoms with Crippen LogP contribution in [0, 0.1) is 11.8 Å². The van der Waals surface area contributed by atoms with Crippen LogP contribution < -0.4 is 4.74 Å². The molecule has 3 aliphatic rings. The van der Waals surface area contributed by atoms with Gasteiger partial charge < -0.3 is 49.4 Å².